The third-order valence-corrected chi connectivity index (χ3v) is 0.712. The Balaban J connectivity index is -0.0000000776. The van der Waals surface area contributed by atoms with Gasteiger partial charge in [-0.05, 0) is 0 Å². The zero-order valence-electron chi connectivity index (χ0n) is 9.89. The molecule has 150 valence electrons. The Labute approximate surface area is 140 Å². The van der Waals surface area contributed by atoms with E-state index in [1.807, 2.05) is 0 Å². The van der Waals surface area contributed by atoms with Gasteiger partial charge in [-0.3, -0.25) is 0 Å². The lowest BCUT2D eigenvalue weighted by atomic mass is 10.3. The molecule has 0 aliphatic carbocycles. The summed E-state index contributed by atoms with van der Waals surface area (Å²) >= 11 is -0.0231. The van der Waals surface area contributed by atoms with Crippen LogP contribution in [0.1, 0.15) is 0 Å². The average Bonchev–Trinajstić information content (AvgIpc) is 2.10. The second-order valence-corrected chi connectivity index (χ2v) is 3.51. The number of halogens is 12. The minimum absolute atomic E-state index is 0. The number of hydrogen-bond donors (Lipinski definition) is 0. The highest BCUT2D eigenvalue weighted by Gasteiger charge is 2.74. The van der Waals surface area contributed by atoms with Crippen LogP contribution in [0.25, 0.3) is 0 Å². The van der Waals surface area contributed by atoms with E-state index in [2.05, 4.69) is 12.2 Å². The lowest BCUT2D eigenvalue weighted by molar-refractivity contribution is -0.389. The minimum atomic E-state index is -6.62. The molecule has 0 unspecified atom stereocenters. The predicted octanol–water partition coefficient (Wildman–Crippen LogP) is 3.78. The van der Waals surface area contributed by atoms with E-state index >= 15 is 0 Å². The van der Waals surface area contributed by atoms with Crippen LogP contribution in [0.2, 0.25) is 0 Å². The molecule has 4 nitrogen and oxygen atoms in total. The molecule has 0 aliphatic rings. The summed E-state index contributed by atoms with van der Waals surface area (Å²) in [5.74, 6) is -6.62. The van der Waals surface area contributed by atoms with Gasteiger partial charge in [0.1, 0.15) is 0 Å². The first-order valence-electron chi connectivity index (χ1n) is 3.54. The summed E-state index contributed by atoms with van der Waals surface area (Å²) in [5.41, 5.74) is 0. The normalized spacial score (nSPS) is 11.2. The van der Waals surface area contributed by atoms with Crippen molar-refractivity contribution >= 4 is 53.5 Å². The second-order valence-electron chi connectivity index (χ2n) is 2.22. The largest absolute Gasteiger partial charge is 0.543 e. The third-order valence-electron chi connectivity index (χ3n) is 0.712. The Morgan fingerprint density at radius 3 is 0.958 bits per heavy atom. The fraction of sp³-hybridized carbons (Fsp3) is 0.750. The van der Waals surface area contributed by atoms with Gasteiger partial charge in [-0.2, -0.15) is 57.0 Å². The summed E-state index contributed by atoms with van der Waals surface area (Å²) in [6, 6.07) is 0. The minimum Gasteiger partial charge on any atom is -0.543 e. The van der Waals surface area contributed by atoms with Gasteiger partial charge >= 0.3 is 40.8 Å². The van der Waals surface area contributed by atoms with E-state index in [1.165, 1.54) is 0 Å². The smallest absolute Gasteiger partial charge is 0.476 e. The molecule has 20 heteroatoms. The van der Waals surface area contributed by atoms with Gasteiger partial charge < -0.3 is 4.55 Å². The van der Waals surface area contributed by atoms with Crippen LogP contribution < -0.4 is 0 Å². The average molecular weight is 470 g/mol. The number of rotatable bonds is 0. The van der Waals surface area contributed by atoms with Crippen molar-refractivity contribution in [2.24, 2.45) is 0 Å². The maximum Gasteiger partial charge on any atom is 0.476 e. The van der Waals surface area contributed by atoms with Crippen LogP contribution in [0, 0.1) is 0 Å². The highest BCUT2D eigenvalue weighted by molar-refractivity contribution is 7.81. The van der Waals surface area contributed by atoms with Gasteiger partial charge in [0.25, 0.3) is 0 Å². The van der Waals surface area contributed by atoms with Gasteiger partial charge in [-0.1, -0.05) is 7.77 Å². The molecule has 0 spiro atoms. The highest BCUT2D eigenvalue weighted by Crippen LogP contribution is 2.46. The molecule has 0 fully saturated rings. The number of hydrogen-bond acceptors (Lipinski definition) is 5. The second kappa shape index (κ2) is 13.8. The summed E-state index contributed by atoms with van der Waals surface area (Å²) in [4.78, 5) is 8.50. The van der Waals surface area contributed by atoms with Crippen molar-refractivity contribution in [2.75, 3.05) is 0 Å². The lowest BCUT2D eigenvalue weighted by Crippen LogP contribution is -2.49. The van der Waals surface area contributed by atoms with Crippen LogP contribution in [-0.2, 0) is 27.4 Å². The SMILES string of the molecule is FC(F)(F)C(F)(F)C(F)(F)F.O=C=S.O=S(=O)(F)F.S.[O-][S+](F)F. The van der Waals surface area contributed by atoms with Crippen LogP contribution in [0.15, 0.2) is 0 Å². The molecule has 0 amide bonds. The molecule has 0 N–H and O–H groups in total. The maximum atomic E-state index is 11.2. The molecular formula is C4H2F12O4S4. The molecule has 0 saturated heterocycles. The Morgan fingerprint density at radius 2 is 0.958 bits per heavy atom. The Bertz CT molecular complexity index is 408. The van der Waals surface area contributed by atoms with E-state index in [4.69, 9.17) is 17.8 Å². The molecular weight excluding hydrogens is 468 g/mol. The molecule has 0 atom stereocenters. The van der Waals surface area contributed by atoms with Gasteiger partial charge in [0.2, 0.25) is 5.23 Å². The van der Waals surface area contributed by atoms with Gasteiger partial charge in [-0.15, -0.1) is 0 Å². The molecule has 0 aromatic rings. The Morgan fingerprint density at radius 1 is 0.875 bits per heavy atom. The van der Waals surface area contributed by atoms with E-state index in [0.29, 0.717) is 0 Å². The van der Waals surface area contributed by atoms with Crippen molar-refractivity contribution < 1.29 is 68.4 Å². The van der Waals surface area contributed by atoms with Gasteiger partial charge in [0, 0.05) is 12.2 Å². The quantitative estimate of drug-likeness (QED) is 0.233. The molecule has 24 heavy (non-hydrogen) atoms. The topological polar surface area (TPSA) is 74.3 Å². The molecule has 0 saturated carbocycles. The zero-order chi connectivity index (χ0) is 20.3. The summed E-state index contributed by atoms with van der Waals surface area (Å²) in [7, 11) is -5.67. The molecule has 0 aromatic carbocycles. The summed E-state index contributed by atoms with van der Waals surface area (Å²) in [6.07, 6.45) is -13.2. The van der Waals surface area contributed by atoms with Crippen LogP contribution in [0.4, 0.5) is 50.7 Å². The van der Waals surface area contributed by atoms with Crippen molar-refractivity contribution in [3.05, 3.63) is 0 Å². The van der Waals surface area contributed by atoms with Crippen molar-refractivity contribution in [2.45, 2.75) is 18.3 Å². The molecule has 0 radical (unpaired) electrons. The number of alkyl halides is 8. The van der Waals surface area contributed by atoms with E-state index in [-0.39, 0.29) is 13.5 Å². The van der Waals surface area contributed by atoms with Crippen LogP contribution >= 0.6 is 25.7 Å². The van der Waals surface area contributed by atoms with E-state index in [9.17, 15) is 50.7 Å². The monoisotopic (exact) mass is 470 g/mol. The molecule has 0 bridgehead atoms. The predicted molar refractivity (Wildman–Crippen MR) is 62.2 cm³/mol. The first-order chi connectivity index (χ1) is 9.65. The highest BCUT2D eigenvalue weighted by atomic mass is 32.3. The van der Waals surface area contributed by atoms with Crippen LogP contribution in [0.5, 0.6) is 0 Å². The molecule has 0 heterocycles. The fourth-order valence-electron chi connectivity index (χ4n) is 0.161. The van der Waals surface area contributed by atoms with Gasteiger partial charge in [0.15, 0.2) is 0 Å². The maximum absolute atomic E-state index is 11.2. The number of carbonyl (C=O) groups excluding carboxylic acids is 1. The zero-order valence-corrected chi connectivity index (χ0v) is 13.3. The summed E-state index contributed by atoms with van der Waals surface area (Å²) in [5, 5.41) is 1.08. The summed E-state index contributed by atoms with van der Waals surface area (Å²) < 4.78 is 152. The van der Waals surface area contributed by atoms with E-state index in [1.54, 1.807) is 0 Å². The molecule has 0 rings (SSSR count). The number of thiocarbonyl (C=S) groups is 1. The van der Waals surface area contributed by atoms with Crippen molar-refractivity contribution in [3.8, 4) is 0 Å². The van der Waals surface area contributed by atoms with Gasteiger partial charge in [0.05, 0.1) is 7.77 Å². The standard InChI is InChI=1S/C3F8.COS.F2O2S.F2OS.H2S/c4-1(5,2(6,7)8)3(9,10)11;2-1-3;1-5(2,3)4;1-4(2)3;/h;;;;1H2. The lowest BCUT2D eigenvalue weighted by Gasteiger charge is -2.21. The Kier molecular flexibility index (Phi) is 20.0. The summed E-state index contributed by atoms with van der Waals surface area (Å²) in [6.45, 7) is 0. The van der Waals surface area contributed by atoms with Crippen LogP contribution in [0.3, 0.4) is 0 Å². The third kappa shape index (κ3) is 29.6. The fourth-order valence-corrected chi connectivity index (χ4v) is 0.161. The van der Waals surface area contributed by atoms with Crippen molar-refractivity contribution in [1.82, 2.24) is 0 Å². The first-order valence-corrected chi connectivity index (χ1v) is 6.18. The van der Waals surface area contributed by atoms with Crippen LogP contribution in [-0.4, -0.2) is 36.5 Å². The van der Waals surface area contributed by atoms with Gasteiger partial charge in [-0.25, -0.2) is 4.79 Å². The van der Waals surface area contributed by atoms with E-state index < -0.39 is 40.8 Å². The first kappa shape index (κ1) is 34.8. The Hall–Kier alpha value is -0.430. The molecule has 0 aliphatic heterocycles. The molecule has 0 aromatic heterocycles. The van der Waals surface area contributed by atoms with E-state index in [0.717, 1.165) is 5.23 Å². The van der Waals surface area contributed by atoms with Crippen molar-refractivity contribution in [3.63, 3.8) is 0 Å². The van der Waals surface area contributed by atoms with Crippen molar-refractivity contribution in [1.29, 1.82) is 0 Å².